The first-order chi connectivity index (χ1) is 6.57. The van der Waals surface area contributed by atoms with E-state index in [2.05, 4.69) is 18.5 Å². The maximum Gasteiger partial charge on any atom is 0.330 e. The Hall–Kier alpha value is -1.58. The van der Waals surface area contributed by atoms with Crippen LogP contribution in [0.4, 0.5) is 0 Å². The zero-order chi connectivity index (χ0) is 11.0. The Morgan fingerprint density at radius 1 is 1.50 bits per heavy atom. The second-order valence-corrected chi connectivity index (χ2v) is 2.76. The molecule has 0 bridgehead atoms. The third-order valence-electron chi connectivity index (χ3n) is 1.41. The molecule has 4 heteroatoms. The number of hydrogen-bond acceptors (Lipinski definition) is 3. The Kier molecular flexibility index (Phi) is 6.11. The molecule has 1 N–H and O–H groups in total. The Morgan fingerprint density at radius 2 is 2.14 bits per heavy atom. The lowest BCUT2D eigenvalue weighted by Gasteiger charge is -2.04. The molecule has 0 saturated heterocycles. The van der Waals surface area contributed by atoms with E-state index in [1.54, 1.807) is 6.92 Å². The van der Waals surface area contributed by atoms with Crippen LogP contribution >= 0.6 is 0 Å². The molecule has 0 aromatic heterocycles. The molecule has 0 spiro atoms. The Balaban J connectivity index is 3.38. The summed E-state index contributed by atoms with van der Waals surface area (Å²) in [7, 11) is 0. The van der Waals surface area contributed by atoms with E-state index in [1.165, 1.54) is 0 Å². The number of amides is 1. The van der Waals surface area contributed by atoms with Gasteiger partial charge in [0.15, 0.2) is 0 Å². The molecule has 0 heterocycles. The Morgan fingerprint density at radius 3 is 2.64 bits per heavy atom. The van der Waals surface area contributed by atoms with Gasteiger partial charge < -0.3 is 10.1 Å². The minimum atomic E-state index is -0.448. The molecule has 0 radical (unpaired) electrons. The molecule has 0 rings (SSSR count). The normalized spacial score (nSPS) is 8.93. The Bertz CT molecular complexity index is 246. The van der Waals surface area contributed by atoms with Crippen molar-refractivity contribution in [3.05, 3.63) is 24.8 Å². The van der Waals surface area contributed by atoms with E-state index in [0.29, 0.717) is 18.5 Å². The van der Waals surface area contributed by atoms with E-state index in [-0.39, 0.29) is 12.5 Å². The van der Waals surface area contributed by atoms with Crippen molar-refractivity contribution in [2.45, 2.75) is 13.3 Å². The van der Waals surface area contributed by atoms with Crippen LogP contribution in [0.25, 0.3) is 0 Å². The van der Waals surface area contributed by atoms with E-state index in [1.807, 2.05) is 0 Å². The highest BCUT2D eigenvalue weighted by Gasteiger charge is 2.00. The summed E-state index contributed by atoms with van der Waals surface area (Å²) in [6.45, 7) is 9.12. The summed E-state index contributed by atoms with van der Waals surface area (Å²) in [5.41, 5.74) is 0.466. The van der Waals surface area contributed by atoms with Crippen LogP contribution in [0.5, 0.6) is 0 Å². The lowest BCUT2D eigenvalue weighted by Crippen LogP contribution is -2.25. The summed E-state index contributed by atoms with van der Waals surface area (Å²) in [5.74, 6) is -0.628. The monoisotopic (exact) mass is 197 g/mol. The summed E-state index contributed by atoms with van der Waals surface area (Å²) in [6.07, 6.45) is 1.69. The van der Waals surface area contributed by atoms with Crippen LogP contribution in [-0.2, 0) is 14.3 Å². The third-order valence-corrected chi connectivity index (χ3v) is 1.41. The van der Waals surface area contributed by atoms with Gasteiger partial charge in [-0.05, 0) is 13.3 Å². The van der Waals surface area contributed by atoms with Crippen molar-refractivity contribution in [3.8, 4) is 0 Å². The van der Waals surface area contributed by atoms with Crippen LogP contribution in [-0.4, -0.2) is 25.0 Å². The number of nitrogens with one attached hydrogen (secondary N) is 1. The summed E-state index contributed by atoms with van der Waals surface area (Å²) >= 11 is 0. The van der Waals surface area contributed by atoms with Crippen LogP contribution in [0.2, 0.25) is 0 Å². The molecular weight excluding hydrogens is 182 g/mol. The summed E-state index contributed by atoms with van der Waals surface area (Å²) in [5, 5.41) is 2.62. The SMILES string of the molecule is C=CC(=O)OCCCNC(=O)C(=C)C. The molecule has 1 amide bonds. The lowest BCUT2D eigenvalue weighted by molar-refractivity contribution is -0.137. The quantitative estimate of drug-likeness (QED) is 0.389. The number of hydrogen-bond donors (Lipinski definition) is 1. The van der Waals surface area contributed by atoms with Gasteiger partial charge in [0, 0.05) is 18.2 Å². The van der Waals surface area contributed by atoms with Crippen molar-refractivity contribution in [1.82, 2.24) is 5.32 Å². The van der Waals surface area contributed by atoms with Gasteiger partial charge in [0.2, 0.25) is 5.91 Å². The molecule has 0 fully saturated rings. The summed E-state index contributed by atoms with van der Waals surface area (Å²) < 4.78 is 4.70. The molecule has 0 saturated carbocycles. The first-order valence-corrected chi connectivity index (χ1v) is 4.31. The fourth-order valence-corrected chi connectivity index (χ4v) is 0.657. The van der Waals surface area contributed by atoms with Crippen LogP contribution in [0.3, 0.4) is 0 Å². The van der Waals surface area contributed by atoms with Gasteiger partial charge in [-0.1, -0.05) is 13.2 Å². The van der Waals surface area contributed by atoms with Crippen LogP contribution < -0.4 is 5.32 Å². The molecule has 0 atom stereocenters. The predicted octanol–water partition coefficient (Wildman–Crippen LogP) is 0.798. The average molecular weight is 197 g/mol. The van der Waals surface area contributed by atoms with Gasteiger partial charge in [-0.3, -0.25) is 4.79 Å². The van der Waals surface area contributed by atoms with Gasteiger partial charge in [-0.25, -0.2) is 4.79 Å². The molecule has 0 aliphatic rings. The van der Waals surface area contributed by atoms with Crippen LogP contribution in [0.15, 0.2) is 24.8 Å². The third kappa shape index (κ3) is 5.99. The second kappa shape index (κ2) is 6.88. The van der Waals surface area contributed by atoms with Crippen molar-refractivity contribution in [2.24, 2.45) is 0 Å². The highest BCUT2D eigenvalue weighted by atomic mass is 16.5. The average Bonchev–Trinajstić information content (AvgIpc) is 2.16. The molecule has 0 aliphatic carbocycles. The van der Waals surface area contributed by atoms with Gasteiger partial charge in [-0.2, -0.15) is 0 Å². The maximum atomic E-state index is 11.0. The smallest absolute Gasteiger partial charge is 0.330 e. The predicted molar refractivity (Wildman–Crippen MR) is 53.6 cm³/mol. The zero-order valence-corrected chi connectivity index (χ0v) is 8.34. The van der Waals surface area contributed by atoms with E-state index in [9.17, 15) is 9.59 Å². The van der Waals surface area contributed by atoms with Gasteiger partial charge >= 0.3 is 5.97 Å². The van der Waals surface area contributed by atoms with Crippen molar-refractivity contribution in [2.75, 3.05) is 13.2 Å². The standard InChI is InChI=1S/C10H15NO3/c1-4-9(12)14-7-5-6-11-10(13)8(2)3/h4H,1-2,5-7H2,3H3,(H,11,13). The van der Waals surface area contributed by atoms with Gasteiger partial charge in [0.05, 0.1) is 6.61 Å². The first kappa shape index (κ1) is 12.4. The van der Waals surface area contributed by atoms with E-state index in [0.717, 1.165) is 6.08 Å². The van der Waals surface area contributed by atoms with E-state index in [4.69, 9.17) is 4.74 Å². The van der Waals surface area contributed by atoms with Crippen molar-refractivity contribution in [3.63, 3.8) is 0 Å². The Labute approximate surface area is 83.6 Å². The summed E-state index contributed by atoms with van der Waals surface area (Å²) in [6, 6.07) is 0. The van der Waals surface area contributed by atoms with Crippen molar-refractivity contribution in [1.29, 1.82) is 0 Å². The van der Waals surface area contributed by atoms with E-state index >= 15 is 0 Å². The molecule has 0 aromatic rings. The number of carbonyl (C=O) groups excluding carboxylic acids is 2. The highest BCUT2D eigenvalue weighted by molar-refractivity contribution is 5.92. The molecule has 0 aromatic carbocycles. The largest absolute Gasteiger partial charge is 0.462 e. The van der Waals surface area contributed by atoms with Crippen LogP contribution in [0, 0.1) is 0 Å². The topological polar surface area (TPSA) is 55.4 Å². The number of rotatable bonds is 6. The second-order valence-electron chi connectivity index (χ2n) is 2.76. The van der Waals surface area contributed by atoms with Crippen LogP contribution in [0.1, 0.15) is 13.3 Å². The van der Waals surface area contributed by atoms with Crippen molar-refractivity contribution < 1.29 is 14.3 Å². The molecule has 78 valence electrons. The van der Waals surface area contributed by atoms with Gasteiger partial charge in [0.25, 0.3) is 0 Å². The molecular formula is C10H15NO3. The molecule has 0 unspecified atom stereocenters. The minimum Gasteiger partial charge on any atom is -0.462 e. The molecule has 4 nitrogen and oxygen atoms in total. The highest BCUT2D eigenvalue weighted by Crippen LogP contribution is 1.87. The maximum absolute atomic E-state index is 11.0. The number of carbonyl (C=O) groups is 2. The number of ether oxygens (including phenoxy) is 1. The number of esters is 1. The van der Waals surface area contributed by atoms with E-state index < -0.39 is 5.97 Å². The zero-order valence-electron chi connectivity index (χ0n) is 8.34. The van der Waals surface area contributed by atoms with Gasteiger partial charge in [0.1, 0.15) is 0 Å². The fraction of sp³-hybridized carbons (Fsp3) is 0.400. The van der Waals surface area contributed by atoms with Gasteiger partial charge in [-0.15, -0.1) is 0 Å². The molecule has 14 heavy (non-hydrogen) atoms. The first-order valence-electron chi connectivity index (χ1n) is 4.31. The minimum absolute atomic E-state index is 0.181. The summed E-state index contributed by atoms with van der Waals surface area (Å²) in [4.78, 5) is 21.5. The molecule has 0 aliphatic heterocycles. The lowest BCUT2D eigenvalue weighted by atomic mass is 10.3. The fourth-order valence-electron chi connectivity index (χ4n) is 0.657. The van der Waals surface area contributed by atoms with Crippen molar-refractivity contribution >= 4 is 11.9 Å².